The SMILES string of the molecule is O=C1NC2=C(C(=O)N(Cc3cccs3)C2)[C@@H](c2ccc(Br)cc2)N1. The summed E-state index contributed by atoms with van der Waals surface area (Å²) in [5.74, 6) is -0.0289. The van der Waals surface area contributed by atoms with Gasteiger partial charge in [-0.3, -0.25) is 4.79 Å². The van der Waals surface area contributed by atoms with E-state index < -0.39 is 6.04 Å². The molecule has 4 rings (SSSR count). The Labute approximate surface area is 151 Å². The maximum atomic E-state index is 12.9. The first-order chi connectivity index (χ1) is 11.6. The highest BCUT2D eigenvalue weighted by molar-refractivity contribution is 9.10. The molecule has 1 aromatic heterocycles. The molecule has 122 valence electrons. The predicted molar refractivity (Wildman–Crippen MR) is 95.3 cm³/mol. The summed E-state index contributed by atoms with van der Waals surface area (Å²) < 4.78 is 0.956. The van der Waals surface area contributed by atoms with Crippen LogP contribution in [0.3, 0.4) is 0 Å². The molecule has 0 bridgehead atoms. The van der Waals surface area contributed by atoms with E-state index in [2.05, 4.69) is 26.6 Å². The van der Waals surface area contributed by atoms with E-state index in [4.69, 9.17) is 0 Å². The minimum absolute atomic E-state index is 0.0289. The second kappa shape index (κ2) is 6.07. The number of hydrogen-bond donors (Lipinski definition) is 2. The zero-order valence-corrected chi connectivity index (χ0v) is 15.0. The van der Waals surface area contributed by atoms with Gasteiger partial charge in [-0.2, -0.15) is 0 Å². The Morgan fingerprint density at radius 1 is 1.21 bits per heavy atom. The number of amides is 3. The van der Waals surface area contributed by atoms with Gasteiger partial charge in [-0.1, -0.05) is 34.1 Å². The highest BCUT2D eigenvalue weighted by Crippen LogP contribution is 2.33. The fraction of sp³-hybridized carbons (Fsp3) is 0.176. The van der Waals surface area contributed by atoms with Crippen LogP contribution >= 0.6 is 27.3 Å². The lowest BCUT2D eigenvalue weighted by molar-refractivity contribution is -0.126. The van der Waals surface area contributed by atoms with Crippen LogP contribution in [0.5, 0.6) is 0 Å². The third kappa shape index (κ3) is 2.74. The van der Waals surface area contributed by atoms with Crippen molar-refractivity contribution >= 4 is 39.2 Å². The molecule has 0 spiro atoms. The molecule has 2 aliphatic heterocycles. The molecule has 5 nitrogen and oxygen atoms in total. The molecule has 0 unspecified atom stereocenters. The van der Waals surface area contributed by atoms with Crippen LogP contribution in [0, 0.1) is 0 Å². The summed E-state index contributed by atoms with van der Waals surface area (Å²) in [4.78, 5) is 27.8. The molecule has 0 radical (unpaired) electrons. The number of hydrogen-bond acceptors (Lipinski definition) is 3. The molecule has 0 fully saturated rings. The van der Waals surface area contributed by atoms with Crippen LogP contribution < -0.4 is 10.6 Å². The number of nitrogens with zero attached hydrogens (tertiary/aromatic N) is 1. The fourth-order valence-electron chi connectivity index (χ4n) is 3.05. The van der Waals surface area contributed by atoms with E-state index in [1.165, 1.54) is 0 Å². The number of rotatable bonds is 3. The van der Waals surface area contributed by atoms with Crippen LogP contribution in [0.4, 0.5) is 4.79 Å². The van der Waals surface area contributed by atoms with Gasteiger partial charge in [0.2, 0.25) is 0 Å². The third-order valence-electron chi connectivity index (χ3n) is 4.15. The van der Waals surface area contributed by atoms with Crippen molar-refractivity contribution in [3.8, 4) is 0 Å². The van der Waals surface area contributed by atoms with Crippen LogP contribution in [0.1, 0.15) is 16.5 Å². The number of halogens is 1. The van der Waals surface area contributed by atoms with Gasteiger partial charge in [0.25, 0.3) is 5.91 Å². The summed E-state index contributed by atoms with van der Waals surface area (Å²) >= 11 is 5.03. The number of nitrogens with one attached hydrogen (secondary N) is 2. The van der Waals surface area contributed by atoms with Gasteiger partial charge in [-0.15, -0.1) is 11.3 Å². The van der Waals surface area contributed by atoms with E-state index in [-0.39, 0.29) is 11.9 Å². The Hall–Kier alpha value is -2.12. The van der Waals surface area contributed by atoms with Crippen LogP contribution in [-0.4, -0.2) is 23.4 Å². The average molecular weight is 404 g/mol. The largest absolute Gasteiger partial charge is 0.328 e. The summed E-state index contributed by atoms with van der Waals surface area (Å²) in [6, 6.07) is 11.0. The Bertz CT molecular complexity index is 830. The maximum Gasteiger partial charge on any atom is 0.319 e. The molecule has 0 saturated heterocycles. The minimum Gasteiger partial charge on any atom is -0.328 e. The summed E-state index contributed by atoms with van der Waals surface area (Å²) in [5, 5.41) is 7.65. The van der Waals surface area contributed by atoms with Gasteiger partial charge in [-0.25, -0.2) is 4.79 Å². The molecule has 2 N–H and O–H groups in total. The number of carbonyl (C=O) groups excluding carboxylic acids is 2. The quantitative estimate of drug-likeness (QED) is 0.826. The Kier molecular flexibility index (Phi) is 3.90. The van der Waals surface area contributed by atoms with E-state index in [1.54, 1.807) is 16.2 Å². The topological polar surface area (TPSA) is 61.4 Å². The molecule has 0 aliphatic carbocycles. The smallest absolute Gasteiger partial charge is 0.319 e. The molecule has 2 aliphatic rings. The molecule has 2 aromatic rings. The van der Waals surface area contributed by atoms with Crippen LogP contribution in [0.2, 0.25) is 0 Å². The molecular formula is C17H14BrN3O2S. The Morgan fingerprint density at radius 3 is 2.71 bits per heavy atom. The lowest BCUT2D eigenvalue weighted by atomic mass is 9.96. The first-order valence-electron chi connectivity index (χ1n) is 7.49. The number of urea groups is 1. The second-order valence-electron chi connectivity index (χ2n) is 5.72. The first-order valence-corrected chi connectivity index (χ1v) is 9.17. The lowest BCUT2D eigenvalue weighted by Gasteiger charge is -2.25. The maximum absolute atomic E-state index is 12.9. The van der Waals surface area contributed by atoms with Gasteiger partial charge in [0, 0.05) is 9.35 Å². The van der Waals surface area contributed by atoms with Gasteiger partial charge in [0.15, 0.2) is 0 Å². The molecule has 1 aromatic carbocycles. The van der Waals surface area contributed by atoms with Crippen molar-refractivity contribution in [3.05, 3.63) is 68.0 Å². The van der Waals surface area contributed by atoms with Crippen molar-refractivity contribution in [2.24, 2.45) is 0 Å². The van der Waals surface area contributed by atoms with Crippen molar-refractivity contribution in [1.29, 1.82) is 0 Å². The Balaban J connectivity index is 1.64. The average Bonchev–Trinajstić information content (AvgIpc) is 3.17. The van der Waals surface area contributed by atoms with Gasteiger partial charge in [0.1, 0.15) is 0 Å². The normalized spacial score (nSPS) is 20.0. The number of benzene rings is 1. The van der Waals surface area contributed by atoms with E-state index in [9.17, 15) is 9.59 Å². The lowest BCUT2D eigenvalue weighted by Crippen LogP contribution is -2.44. The van der Waals surface area contributed by atoms with Gasteiger partial charge in [0.05, 0.1) is 30.4 Å². The van der Waals surface area contributed by atoms with Crippen LogP contribution in [-0.2, 0) is 11.3 Å². The van der Waals surface area contributed by atoms with Gasteiger partial charge < -0.3 is 15.5 Å². The molecular weight excluding hydrogens is 390 g/mol. The summed E-state index contributed by atoms with van der Waals surface area (Å²) in [5.41, 5.74) is 2.23. The van der Waals surface area contributed by atoms with E-state index in [0.29, 0.717) is 24.4 Å². The van der Waals surface area contributed by atoms with Crippen molar-refractivity contribution in [3.63, 3.8) is 0 Å². The fourth-order valence-corrected chi connectivity index (χ4v) is 4.04. The molecule has 0 saturated carbocycles. The summed E-state index contributed by atoms with van der Waals surface area (Å²) in [6.07, 6.45) is 0. The third-order valence-corrected chi connectivity index (χ3v) is 5.54. The van der Waals surface area contributed by atoms with Crippen LogP contribution in [0.25, 0.3) is 0 Å². The highest BCUT2D eigenvalue weighted by Gasteiger charge is 2.40. The van der Waals surface area contributed by atoms with Gasteiger partial charge in [-0.05, 0) is 29.1 Å². The molecule has 3 amide bonds. The molecule has 3 heterocycles. The molecule has 7 heteroatoms. The molecule has 1 atom stereocenters. The summed E-state index contributed by atoms with van der Waals surface area (Å²) in [6.45, 7) is 0.999. The van der Waals surface area contributed by atoms with Crippen molar-refractivity contribution in [2.75, 3.05) is 6.54 Å². The second-order valence-corrected chi connectivity index (χ2v) is 7.66. The highest BCUT2D eigenvalue weighted by atomic mass is 79.9. The van der Waals surface area contributed by atoms with Crippen molar-refractivity contribution in [1.82, 2.24) is 15.5 Å². The molecule has 24 heavy (non-hydrogen) atoms. The number of thiophene rings is 1. The standard InChI is InChI=1S/C17H14BrN3O2S/c18-11-5-3-10(4-6-11)15-14-13(19-17(23)20-15)9-21(16(14)22)8-12-2-1-7-24-12/h1-7,15H,8-9H2,(H2,19,20,23)/t15-/m1/s1. The van der Waals surface area contributed by atoms with Crippen molar-refractivity contribution < 1.29 is 9.59 Å². The summed E-state index contributed by atoms with van der Waals surface area (Å²) in [7, 11) is 0. The monoisotopic (exact) mass is 403 g/mol. The van der Waals surface area contributed by atoms with Gasteiger partial charge >= 0.3 is 6.03 Å². The Morgan fingerprint density at radius 2 is 2.00 bits per heavy atom. The van der Waals surface area contributed by atoms with Crippen LogP contribution in [0.15, 0.2) is 57.5 Å². The number of carbonyl (C=O) groups is 2. The van der Waals surface area contributed by atoms with E-state index in [0.717, 1.165) is 14.9 Å². The predicted octanol–water partition coefficient (Wildman–Crippen LogP) is 3.16. The minimum atomic E-state index is -0.414. The zero-order chi connectivity index (χ0) is 16.7. The van der Waals surface area contributed by atoms with Crippen molar-refractivity contribution in [2.45, 2.75) is 12.6 Å². The van der Waals surface area contributed by atoms with E-state index >= 15 is 0 Å². The first kappa shape index (κ1) is 15.4. The van der Waals surface area contributed by atoms with E-state index in [1.807, 2.05) is 41.8 Å². The zero-order valence-electron chi connectivity index (χ0n) is 12.6.